The van der Waals surface area contributed by atoms with Gasteiger partial charge in [-0.1, -0.05) is 0 Å². The molecule has 4 heteroatoms. The van der Waals surface area contributed by atoms with Crippen molar-refractivity contribution >= 4 is 73.1 Å². The molecule has 0 saturated carbocycles. The Balaban J connectivity index is 0. The van der Waals surface area contributed by atoms with Crippen LogP contribution in [0.3, 0.4) is 0 Å². The molecule has 0 aromatic heterocycles. The van der Waals surface area contributed by atoms with Crippen LogP contribution >= 0.6 is 9.90 Å². The van der Waals surface area contributed by atoms with Gasteiger partial charge in [0, 0.05) is 0 Å². The summed E-state index contributed by atoms with van der Waals surface area (Å²) in [6, 6.07) is 0. The number of hydrogen-bond acceptors (Lipinski definition) is 0. The van der Waals surface area contributed by atoms with Crippen LogP contribution in [0.15, 0.2) is 0 Å². The first-order chi connectivity index (χ1) is 0. The van der Waals surface area contributed by atoms with E-state index in [-0.39, 0.29) is 73.1 Å². The molecule has 0 spiro atoms. The normalized spacial score (nSPS) is 0. The molecule has 0 aromatic rings. The SMILES string of the molecule is P.[GaH3].[GeH4].[InH3]. The molecule has 0 amide bonds. The van der Waals surface area contributed by atoms with Crippen LogP contribution < -0.4 is 0 Å². The first-order valence-corrected chi connectivity index (χ1v) is 0. The fourth-order valence-corrected chi connectivity index (χ4v) is 0. The Morgan fingerprint density at radius 3 is 1.00 bits per heavy atom. The minimum atomic E-state index is 0. The van der Waals surface area contributed by atoms with E-state index in [4.69, 9.17) is 0 Å². The second-order valence-corrected chi connectivity index (χ2v) is 0. The van der Waals surface area contributed by atoms with Crippen LogP contribution in [-0.2, 0) is 0 Å². The van der Waals surface area contributed by atoms with Gasteiger partial charge in [0.2, 0.25) is 0 Å². The molecule has 0 aliphatic heterocycles. The molecule has 0 aromatic carbocycles. The van der Waals surface area contributed by atoms with E-state index in [1.807, 2.05) is 0 Å². The fraction of sp³-hybridized carbons (Fsp3) is 0. The maximum absolute atomic E-state index is 0. The van der Waals surface area contributed by atoms with Gasteiger partial charge in [-0.3, -0.25) is 0 Å². The van der Waals surface area contributed by atoms with Crippen molar-refractivity contribution in [2.24, 2.45) is 0 Å². The van der Waals surface area contributed by atoms with Crippen LogP contribution in [0.1, 0.15) is 0 Å². The standard InChI is InChI=1S/Ga.GeH4.In.H3P.6H/h;1H4;;1H3;;;;;;. The van der Waals surface area contributed by atoms with Crippen molar-refractivity contribution in [3.05, 3.63) is 0 Å². The van der Waals surface area contributed by atoms with Crippen molar-refractivity contribution in [2.75, 3.05) is 0 Å². The average molecular weight is 301 g/mol. The summed E-state index contributed by atoms with van der Waals surface area (Å²) in [5.74, 6) is 0. The summed E-state index contributed by atoms with van der Waals surface area (Å²) in [6.07, 6.45) is 0. The molecule has 0 rings (SSSR count). The van der Waals surface area contributed by atoms with Gasteiger partial charge in [0.05, 0.1) is 0 Å². The third-order valence-corrected chi connectivity index (χ3v) is 0. The van der Waals surface area contributed by atoms with Crippen molar-refractivity contribution in [3.63, 3.8) is 0 Å². The first kappa shape index (κ1) is 31.6. The van der Waals surface area contributed by atoms with E-state index < -0.39 is 0 Å². The van der Waals surface area contributed by atoms with Crippen molar-refractivity contribution in [3.8, 4) is 0 Å². The Morgan fingerprint density at radius 1 is 1.00 bits per heavy atom. The van der Waals surface area contributed by atoms with E-state index in [2.05, 4.69) is 0 Å². The second-order valence-electron chi connectivity index (χ2n) is 0. The molecule has 28 valence electrons. The zero-order chi connectivity index (χ0) is 0. The topological polar surface area (TPSA) is 0 Å². The summed E-state index contributed by atoms with van der Waals surface area (Å²) in [7, 11) is 0. The molecule has 0 heterocycles. The molecule has 0 radical (unpaired) electrons. The van der Waals surface area contributed by atoms with Gasteiger partial charge in [-0.15, -0.1) is 0 Å². The fourth-order valence-electron chi connectivity index (χ4n) is 0. The Labute approximate surface area is 72.3 Å². The van der Waals surface area contributed by atoms with E-state index in [1.165, 1.54) is 0 Å². The predicted molar refractivity (Wildman–Crippen MR) is 42.3 cm³/mol. The minimum absolute atomic E-state index is 0. The molecule has 0 saturated heterocycles. The Kier molecular flexibility index (Phi) is 141. The Morgan fingerprint density at radius 2 is 1.00 bits per heavy atom. The van der Waals surface area contributed by atoms with Gasteiger partial charge < -0.3 is 0 Å². The van der Waals surface area contributed by atoms with Crippen LogP contribution in [0.2, 0.25) is 0 Å². The average Bonchev–Trinajstić information content (AvgIpc) is 0. The summed E-state index contributed by atoms with van der Waals surface area (Å²) in [6.45, 7) is 0. The van der Waals surface area contributed by atoms with E-state index in [1.54, 1.807) is 0 Å². The van der Waals surface area contributed by atoms with E-state index in [0.29, 0.717) is 0 Å². The van der Waals surface area contributed by atoms with Crippen LogP contribution in [0.25, 0.3) is 0 Å². The van der Waals surface area contributed by atoms with Gasteiger partial charge in [-0.2, -0.15) is 9.90 Å². The van der Waals surface area contributed by atoms with Crippen LogP contribution in [0, 0.1) is 0 Å². The summed E-state index contributed by atoms with van der Waals surface area (Å²) in [5.41, 5.74) is 0. The molecule has 0 N–H and O–H groups in total. The van der Waals surface area contributed by atoms with E-state index in [9.17, 15) is 0 Å². The van der Waals surface area contributed by atoms with Crippen molar-refractivity contribution in [1.82, 2.24) is 0 Å². The number of rotatable bonds is 0. The van der Waals surface area contributed by atoms with Gasteiger partial charge >= 0.3 is 63.2 Å². The molecule has 0 nitrogen and oxygen atoms in total. The number of hydrogen-bond donors (Lipinski definition) is 0. The summed E-state index contributed by atoms with van der Waals surface area (Å²) < 4.78 is 0. The van der Waals surface area contributed by atoms with Gasteiger partial charge in [0.15, 0.2) is 0 Å². The summed E-state index contributed by atoms with van der Waals surface area (Å²) >= 11 is 0. The van der Waals surface area contributed by atoms with Gasteiger partial charge in [-0.25, -0.2) is 0 Å². The second kappa shape index (κ2) is 17.9. The van der Waals surface area contributed by atoms with Gasteiger partial charge in [0.25, 0.3) is 0 Å². The zero-order valence-electron chi connectivity index (χ0n) is 0.707. The third-order valence-electron chi connectivity index (χ3n) is 0. The van der Waals surface area contributed by atoms with Crippen molar-refractivity contribution in [2.45, 2.75) is 0 Å². The predicted octanol–water partition coefficient (Wildman–Crippen LogP) is -3.76. The molecular formula is H13GaGeInP. The Hall–Kier alpha value is 2.48. The zero-order valence-corrected chi connectivity index (χ0v) is 2.12. The molecule has 0 bridgehead atoms. The van der Waals surface area contributed by atoms with Gasteiger partial charge in [0.1, 0.15) is 0 Å². The van der Waals surface area contributed by atoms with Crippen molar-refractivity contribution < 1.29 is 0 Å². The summed E-state index contributed by atoms with van der Waals surface area (Å²) in [4.78, 5) is 0. The summed E-state index contributed by atoms with van der Waals surface area (Å²) in [5, 5.41) is 0. The van der Waals surface area contributed by atoms with Crippen molar-refractivity contribution in [1.29, 1.82) is 0 Å². The monoisotopic (exact) mass is 302 g/mol. The quantitative estimate of drug-likeness (QED) is 0.318. The third kappa shape index (κ3) is 8.82. The first-order valence-electron chi connectivity index (χ1n) is 0. The molecule has 0 aliphatic carbocycles. The van der Waals surface area contributed by atoms with Crippen LogP contribution in [0.4, 0.5) is 0 Å². The van der Waals surface area contributed by atoms with Crippen LogP contribution in [-0.4, -0.2) is 63.2 Å². The van der Waals surface area contributed by atoms with E-state index >= 15 is 0 Å². The Bertz CT molecular complexity index is 8.00. The van der Waals surface area contributed by atoms with Gasteiger partial charge in [-0.05, 0) is 0 Å². The molecule has 4 heavy (non-hydrogen) atoms. The van der Waals surface area contributed by atoms with E-state index in [0.717, 1.165) is 0 Å². The molecular weight excluding hydrogens is 288 g/mol. The maximum atomic E-state index is 0. The molecule has 0 fully saturated rings. The molecule has 1 unspecified atom stereocenters. The molecule has 0 aliphatic rings. The molecule has 1 atom stereocenters. The van der Waals surface area contributed by atoms with Crippen LogP contribution in [0.5, 0.6) is 0 Å².